The summed E-state index contributed by atoms with van der Waals surface area (Å²) in [5.41, 5.74) is 2.78. The number of benzene rings is 1. The van der Waals surface area contributed by atoms with Crippen molar-refractivity contribution in [2.45, 2.75) is 33.1 Å². The number of rotatable bonds is 8. The lowest BCUT2D eigenvalue weighted by Gasteiger charge is -2.27. The van der Waals surface area contributed by atoms with Crippen molar-refractivity contribution in [1.82, 2.24) is 15.5 Å². The van der Waals surface area contributed by atoms with Crippen LogP contribution in [0, 0.1) is 13.8 Å². The summed E-state index contributed by atoms with van der Waals surface area (Å²) in [5.74, 6) is 0.0149. The number of aryl methyl sites for hydroxylation is 2. The largest absolute Gasteiger partial charge is 0.356 e. The number of nitrogens with one attached hydrogen (secondary N) is 2. The second-order valence-corrected chi connectivity index (χ2v) is 6.54. The molecule has 1 aliphatic rings. The second-order valence-electron chi connectivity index (χ2n) is 6.54. The number of hydrogen-bond acceptors (Lipinski definition) is 4. The van der Waals surface area contributed by atoms with Crippen molar-refractivity contribution in [2.24, 2.45) is 0 Å². The minimum Gasteiger partial charge on any atom is -0.356 e. The molecule has 0 spiro atoms. The first-order valence-corrected chi connectivity index (χ1v) is 8.86. The molecule has 0 aliphatic carbocycles. The Labute approximate surface area is 157 Å². The van der Waals surface area contributed by atoms with E-state index in [1.54, 1.807) is 0 Å². The molecule has 1 aliphatic heterocycles. The van der Waals surface area contributed by atoms with Gasteiger partial charge in [0.1, 0.15) is 0 Å². The van der Waals surface area contributed by atoms with Crippen molar-refractivity contribution in [3.05, 3.63) is 34.9 Å². The van der Waals surface area contributed by atoms with E-state index in [4.69, 9.17) is 0 Å². The smallest absolute Gasteiger partial charge is 0.220 e. The highest BCUT2D eigenvalue weighted by atomic mass is 35.5. The first-order chi connectivity index (χ1) is 11.6. The van der Waals surface area contributed by atoms with Gasteiger partial charge in [-0.05, 0) is 38.4 Å². The Morgan fingerprint density at radius 1 is 1.16 bits per heavy atom. The topological polar surface area (TPSA) is 61.4 Å². The van der Waals surface area contributed by atoms with E-state index in [2.05, 4.69) is 15.5 Å². The molecule has 25 heavy (non-hydrogen) atoms. The average Bonchev–Trinajstić information content (AvgIpc) is 2.59. The second kappa shape index (κ2) is 11.2. The minimum absolute atomic E-state index is 0. The van der Waals surface area contributed by atoms with Crippen LogP contribution in [0.5, 0.6) is 0 Å². The van der Waals surface area contributed by atoms with E-state index in [9.17, 15) is 9.59 Å². The van der Waals surface area contributed by atoms with Gasteiger partial charge in [-0.25, -0.2) is 0 Å². The predicted octanol–water partition coefficient (Wildman–Crippen LogP) is 2.10. The molecule has 1 fully saturated rings. The average molecular weight is 368 g/mol. The van der Waals surface area contributed by atoms with Crippen molar-refractivity contribution in [3.63, 3.8) is 0 Å². The Morgan fingerprint density at radius 2 is 1.88 bits per heavy atom. The molecule has 0 atom stereocenters. The van der Waals surface area contributed by atoms with Gasteiger partial charge < -0.3 is 15.5 Å². The predicted molar refractivity (Wildman–Crippen MR) is 104 cm³/mol. The van der Waals surface area contributed by atoms with Gasteiger partial charge in [-0.1, -0.05) is 17.7 Å². The highest BCUT2D eigenvalue weighted by molar-refractivity contribution is 5.99. The molecule has 0 saturated carbocycles. The highest BCUT2D eigenvalue weighted by Gasteiger charge is 2.12. The molecular weight excluding hydrogens is 338 g/mol. The molecule has 6 heteroatoms. The number of nitrogens with zero attached hydrogens (tertiary/aromatic N) is 1. The quantitative estimate of drug-likeness (QED) is 0.545. The molecule has 140 valence electrons. The fourth-order valence-corrected chi connectivity index (χ4v) is 2.95. The maximum absolute atomic E-state index is 12.3. The fraction of sp³-hybridized carbons (Fsp3) is 0.579. The molecule has 0 bridgehead atoms. The van der Waals surface area contributed by atoms with Gasteiger partial charge in [0.05, 0.1) is 0 Å². The Morgan fingerprint density at radius 3 is 2.60 bits per heavy atom. The van der Waals surface area contributed by atoms with E-state index >= 15 is 0 Å². The van der Waals surface area contributed by atoms with Crippen LogP contribution >= 0.6 is 12.4 Å². The van der Waals surface area contributed by atoms with E-state index < -0.39 is 0 Å². The van der Waals surface area contributed by atoms with Crippen molar-refractivity contribution in [1.29, 1.82) is 0 Å². The third-order valence-corrected chi connectivity index (χ3v) is 4.46. The zero-order valence-electron chi connectivity index (χ0n) is 15.3. The van der Waals surface area contributed by atoms with Gasteiger partial charge in [-0.2, -0.15) is 0 Å². The number of amides is 1. The van der Waals surface area contributed by atoms with Gasteiger partial charge >= 0.3 is 0 Å². The van der Waals surface area contributed by atoms with Gasteiger partial charge in [0.25, 0.3) is 0 Å². The van der Waals surface area contributed by atoms with Crippen molar-refractivity contribution < 1.29 is 9.59 Å². The number of carbonyl (C=O) groups is 2. The molecular formula is C19H30ClN3O2. The number of hydrogen-bond donors (Lipinski definition) is 2. The number of piperazine rings is 1. The Balaban J connectivity index is 0.00000312. The highest BCUT2D eigenvalue weighted by Crippen LogP contribution is 2.13. The zero-order valence-corrected chi connectivity index (χ0v) is 16.1. The number of Topliss-reactive ketones (excluding diaryl/α,β-unsaturated/α-hetero) is 1. The number of ketones is 1. The van der Waals surface area contributed by atoms with Crippen LogP contribution in [-0.4, -0.2) is 55.9 Å². The molecule has 1 aromatic carbocycles. The minimum atomic E-state index is -0.0334. The van der Waals surface area contributed by atoms with Crippen LogP contribution in [0.25, 0.3) is 0 Å². The molecule has 0 unspecified atom stereocenters. The standard InChI is InChI=1S/C19H29N3O2.ClH/c1-15-4-5-16(2)17(14-15)18(23)6-7-19(24)21-8-3-11-22-12-9-20-10-13-22;/h4-5,14,20H,3,6-13H2,1-2H3,(H,21,24);1H. The van der Waals surface area contributed by atoms with E-state index in [-0.39, 0.29) is 36.9 Å². The van der Waals surface area contributed by atoms with E-state index in [1.807, 2.05) is 32.0 Å². The van der Waals surface area contributed by atoms with Gasteiger partial charge in [-0.3, -0.25) is 9.59 Å². The van der Waals surface area contributed by atoms with Crippen LogP contribution in [0.1, 0.15) is 40.7 Å². The molecule has 0 radical (unpaired) electrons. The van der Waals surface area contributed by atoms with Crippen LogP contribution in [0.15, 0.2) is 18.2 Å². The molecule has 1 heterocycles. The molecule has 5 nitrogen and oxygen atoms in total. The third kappa shape index (κ3) is 7.55. The monoisotopic (exact) mass is 367 g/mol. The SMILES string of the molecule is Cc1ccc(C)c(C(=O)CCC(=O)NCCCN2CCNCC2)c1.Cl. The summed E-state index contributed by atoms with van der Waals surface area (Å²) in [4.78, 5) is 26.6. The zero-order chi connectivity index (χ0) is 17.4. The first-order valence-electron chi connectivity index (χ1n) is 8.86. The lowest BCUT2D eigenvalue weighted by Crippen LogP contribution is -2.44. The molecule has 1 saturated heterocycles. The van der Waals surface area contributed by atoms with Crippen LogP contribution in [0.2, 0.25) is 0 Å². The fourth-order valence-electron chi connectivity index (χ4n) is 2.95. The van der Waals surface area contributed by atoms with E-state index in [1.165, 1.54) is 0 Å². The molecule has 1 aromatic rings. The molecule has 0 aromatic heterocycles. The van der Waals surface area contributed by atoms with Crippen molar-refractivity contribution in [2.75, 3.05) is 39.3 Å². The molecule has 2 N–H and O–H groups in total. The molecule has 2 rings (SSSR count). The normalized spacial score (nSPS) is 14.6. The summed E-state index contributed by atoms with van der Waals surface area (Å²) in [5, 5.41) is 6.25. The number of carbonyl (C=O) groups excluding carboxylic acids is 2. The Kier molecular flexibility index (Phi) is 9.71. The van der Waals surface area contributed by atoms with Crippen molar-refractivity contribution >= 4 is 24.1 Å². The maximum Gasteiger partial charge on any atom is 0.220 e. The van der Waals surface area contributed by atoms with Crippen LogP contribution in [0.3, 0.4) is 0 Å². The summed E-state index contributed by atoms with van der Waals surface area (Å²) >= 11 is 0. The summed E-state index contributed by atoms with van der Waals surface area (Å²) in [6.45, 7) is 9.87. The summed E-state index contributed by atoms with van der Waals surface area (Å²) in [6, 6.07) is 5.86. The van der Waals surface area contributed by atoms with Crippen LogP contribution < -0.4 is 10.6 Å². The Hall–Kier alpha value is -1.43. The van der Waals surface area contributed by atoms with Gasteiger partial charge in [0.15, 0.2) is 5.78 Å². The van der Waals surface area contributed by atoms with Crippen molar-refractivity contribution in [3.8, 4) is 0 Å². The first kappa shape index (κ1) is 21.6. The summed E-state index contributed by atoms with van der Waals surface area (Å²) in [6.07, 6.45) is 1.49. The van der Waals surface area contributed by atoms with E-state index in [0.29, 0.717) is 6.54 Å². The third-order valence-electron chi connectivity index (χ3n) is 4.46. The van der Waals surface area contributed by atoms with Gasteiger partial charge in [0, 0.05) is 51.1 Å². The molecule has 1 amide bonds. The number of halogens is 1. The van der Waals surface area contributed by atoms with Crippen LogP contribution in [-0.2, 0) is 4.79 Å². The van der Waals surface area contributed by atoms with Gasteiger partial charge in [0.2, 0.25) is 5.91 Å². The van der Waals surface area contributed by atoms with E-state index in [0.717, 1.165) is 55.8 Å². The van der Waals surface area contributed by atoms with Gasteiger partial charge in [-0.15, -0.1) is 12.4 Å². The lowest BCUT2D eigenvalue weighted by atomic mass is 9.99. The summed E-state index contributed by atoms with van der Waals surface area (Å²) in [7, 11) is 0. The lowest BCUT2D eigenvalue weighted by molar-refractivity contribution is -0.121. The maximum atomic E-state index is 12.3. The van der Waals surface area contributed by atoms with Crippen LogP contribution in [0.4, 0.5) is 0 Å². The summed E-state index contributed by atoms with van der Waals surface area (Å²) < 4.78 is 0. The Bertz CT molecular complexity index is 572.